The molecule has 3 aliphatic rings. The lowest BCUT2D eigenvalue weighted by Gasteiger charge is -2.17. The van der Waals surface area contributed by atoms with Gasteiger partial charge in [0.2, 0.25) is 0 Å². The van der Waals surface area contributed by atoms with Crippen molar-refractivity contribution in [3.05, 3.63) is 32.4 Å². The lowest BCUT2D eigenvalue weighted by atomic mass is 9.89. The summed E-state index contributed by atoms with van der Waals surface area (Å²) in [5.74, 6) is 3.21. The predicted octanol–water partition coefficient (Wildman–Crippen LogP) is 4.77. The third-order valence-electron chi connectivity index (χ3n) is 6.40. The number of thioether (sulfide) groups is 1. The number of aromatic nitrogens is 5. The molecule has 0 bridgehead atoms. The molecule has 6 nitrogen and oxygen atoms in total. The molecule has 3 aliphatic carbocycles. The van der Waals surface area contributed by atoms with Gasteiger partial charge in [-0.1, -0.05) is 18.7 Å². The number of aryl methyl sites for hydroxylation is 1. The van der Waals surface area contributed by atoms with E-state index in [1.807, 2.05) is 0 Å². The molecule has 2 saturated carbocycles. The third kappa shape index (κ3) is 3.15. The molecule has 3 aromatic heterocycles. The maximum atomic E-state index is 12.9. The number of fused-ring (bicyclic) bond motifs is 3. The van der Waals surface area contributed by atoms with Crippen molar-refractivity contribution in [3.63, 3.8) is 0 Å². The minimum atomic E-state index is 0.0202. The Kier molecular flexibility index (Phi) is 4.17. The van der Waals surface area contributed by atoms with Crippen LogP contribution < -0.4 is 5.56 Å². The SMILES string of the molecule is CC1CCc2c(sc3nc(C(C)Sc4nnc(C5CC5)n4C4CC4)[nH]c(=O)c23)C1. The first kappa shape index (κ1) is 18.1. The lowest BCUT2D eigenvalue weighted by Crippen LogP contribution is -2.15. The standard InChI is InChI=1S/C21H25N5OS2/c1-10-3-8-14-15(9-10)29-20-16(14)19(27)22-17(23-20)11(2)28-21-25-24-18(12-4-5-12)26(21)13-6-7-13/h10-13H,3-9H2,1-2H3,(H,22,23,27). The number of hydrogen-bond acceptors (Lipinski definition) is 6. The van der Waals surface area contributed by atoms with Crippen molar-refractivity contribution in [1.82, 2.24) is 24.7 Å². The average Bonchev–Trinajstić information content (AvgIpc) is 3.62. The normalized spacial score (nSPS) is 22.8. The van der Waals surface area contributed by atoms with Crippen LogP contribution in [0.3, 0.4) is 0 Å². The fourth-order valence-corrected chi connectivity index (χ4v) is 6.81. The summed E-state index contributed by atoms with van der Waals surface area (Å²) < 4.78 is 2.36. The van der Waals surface area contributed by atoms with E-state index in [0.717, 1.165) is 40.5 Å². The van der Waals surface area contributed by atoms with E-state index in [9.17, 15) is 4.79 Å². The van der Waals surface area contributed by atoms with Gasteiger partial charge in [0.05, 0.1) is 10.6 Å². The molecule has 0 aromatic carbocycles. The number of rotatable bonds is 5. The summed E-state index contributed by atoms with van der Waals surface area (Å²) >= 11 is 3.39. The van der Waals surface area contributed by atoms with Gasteiger partial charge in [0.1, 0.15) is 16.5 Å². The van der Waals surface area contributed by atoms with E-state index in [1.54, 1.807) is 23.1 Å². The summed E-state index contributed by atoms with van der Waals surface area (Å²) in [6.07, 6.45) is 8.14. The van der Waals surface area contributed by atoms with Crippen molar-refractivity contribution in [2.24, 2.45) is 5.92 Å². The Morgan fingerprint density at radius 3 is 2.79 bits per heavy atom. The largest absolute Gasteiger partial charge is 0.309 e. The third-order valence-corrected chi connectivity index (χ3v) is 8.61. The Bertz CT molecular complexity index is 1150. The number of aromatic amines is 1. The summed E-state index contributed by atoms with van der Waals surface area (Å²) in [5, 5.41) is 10.8. The van der Waals surface area contributed by atoms with Gasteiger partial charge in [-0.25, -0.2) is 4.98 Å². The second kappa shape index (κ2) is 6.67. The van der Waals surface area contributed by atoms with Crippen molar-refractivity contribution < 1.29 is 0 Å². The van der Waals surface area contributed by atoms with Crippen LogP contribution in [0.1, 0.15) is 85.3 Å². The number of nitrogens with one attached hydrogen (secondary N) is 1. The van der Waals surface area contributed by atoms with Gasteiger partial charge in [0, 0.05) is 16.8 Å². The fourth-order valence-electron chi connectivity index (χ4n) is 4.44. The van der Waals surface area contributed by atoms with Gasteiger partial charge in [-0.05, 0) is 63.4 Å². The van der Waals surface area contributed by atoms with Crippen LogP contribution in [-0.4, -0.2) is 24.7 Å². The summed E-state index contributed by atoms with van der Waals surface area (Å²) in [6.45, 7) is 4.40. The summed E-state index contributed by atoms with van der Waals surface area (Å²) in [7, 11) is 0. The summed E-state index contributed by atoms with van der Waals surface area (Å²) in [4.78, 5) is 23.2. The molecule has 0 amide bonds. The molecule has 3 heterocycles. The molecule has 2 unspecified atom stereocenters. The van der Waals surface area contributed by atoms with Gasteiger partial charge in [0.15, 0.2) is 5.16 Å². The van der Waals surface area contributed by atoms with E-state index in [4.69, 9.17) is 4.98 Å². The first-order chi connectivity index (χ1) is 14.1. The van der Waals surface area contributed by atoms with Crippen molar-refractivity contribution >= 4 is 33.3 Å². The molecule has 152 valence electrons. The van der Waals surface area contributed by atoms with Crippen LogP contribution in [0, 0.1) is 5.92 Å². The number of H-pyrrole nitrogens is 1. The topological polar surface area (TPSA) is 76.5 Å². The highest BCUT2D eigenvalue weighted by molar-refractivity contribution is 7.99. The molecule has 6 rings (SSSR count). The fraction of sp³-hybridized carbons (Fsp3) is 0.619. The zero-order chi connectivity index (χ0) is 19.7. The van der Waals surface area contributed by atoms with Crippen LogP contribution >= 0.6 is 23.1 Å². The highest BCUT2D eigenvalue weighted by Crippen LogP contribution is 2.47. The van der Waals surface area contributed by atoms with E-state index in [0.29, 0.717) is 17.9 Å². The molecule has 29 heavy (non-hydrogen) atoms. The van der Waals surface area contributed by atoms with E-state index in [-0.39, 0.29) is 10.8 Å². The summed E-state index contributed by atoms with van der Waals surface area (Å²) in [6, 6.07) is 0.566. The van der Waals surface area contributed by atoms with E-state index >= 15 is 0 Å². The molecular weight excluding hydrogens is 402 g/mol. The lowest BCUT2D eigenvalue weighted by molar-refractivity contribution is 0.509. The maximum absolute atomic E-state index is 12.9. The number of hydrogen-bond donors (Lipinski definition) is 1. The van der Waals surface area contributed by atoms with Gasteiger partial charge < -0.3 is 9.55 Å². The van der Waals surface area contributed by atoms with Crippen LogP contribution in [0.4, 0.5) is 0 Å². The monoisotopic (exact) mass is 427 g/mol. The van der Waals surface area contributed by atoms with E-state index in [1.165, 1.54) is 41.9 Å². The molecule has 2 atom stereocenters. The van der Waals surface area contributed by atoms with Crippen LogP contribution in [0.2, 0.25) is 0 Å². The summed E-state index contributed by atoms with van der Waals surface area (Å²) in [5.41, 5.74) is 1.26. The minimum Gasteiger partial charge on any atom is -0.309 e. The quantitative estimate of drug-likeness (QED) is 0.594. The van der Waals surface area contributed by atoms with E-state index < -0.39 is 0 Å². The molecule has 0 radical (unpaired) electrons. The Labute approximate surface area is 177 Å². The maximum Gasteiger partial charge on any atom is 0.259 e. The van der Waals surface area contributed by atoms with Gasteiger partial charge in [-0.3, -0.25) is 4.79 Å². The van der Waals surface area contributed by atoms with Crippen LogP contribution in [0.5, 0.6) is 0 Å². The molecule has 8 heteroatoms. The smallest absolute Gasteiger partial charge is 0.259 e. The molecule has 3 aromatic rings. The van der Waals surface area contributed by atoms with Gasteiger partial charge in [0.25, 0.3) is 5.56 Å². The molecule has 0 aliphatic heterocycles. The first-order valence-corrected chi connectivity index (χ1v) is 12.4. The Morgan fingerprint density at radius 1 is 1.21 bits per heavy atom. The second-order valence-corrected chi connectivity index (χ2v) is 11.4. The van der Waals surface area contributed by atoms with E-state index in [2.05, 4.69) is 33.6 Å². The molecule has 2 fully saturated rings. The molecule has 0 spiro atoms. The second-order valence-electron chi connectivity index (χ2n) is 8.96. The molecule has 0 saturated heterocycles. The van der Waals surface area contributed by atoms with Crippen molar-refractivity contribution in [3.8, 4) is 0 Å². The Balaban J connectivity index is 1.33. The molecular formula is C21H25N5OS2. The van der Waals surface area contributed by atoms with Gasteiger partial charge in [-0.15, -0.1) is 21.5 Å². The average molecular weight is 428 g/mol. The van der Waals surface area contributed by atoms with Crippen molar-refractivity contribution in [2.75, 3.05) is 0 Å². The Morgan fingerprint density at radius 2 is 2.03 bits per heavy atom. The van der Waals surface area contributed by atoms with Crippen molar-refractivity contribution in [1.29, 1.82) is 0 Å². The highest BCUT2D eigenvalue weighted by atomic mass is 32.2. The van der Waals surface area contributed by atoms with Crippen LogP contribution in [0.15, 0.2) is 9.95 Å². The van der Waals surface area contributed by atoms with Gasteiger partial charge in [-0.2, -0.15) is 0 Å². The number of nitrogens with zero attached hydrogens (tertiary/aromatic N) is 4. The minimum absolute atomic E-state index is 0.0202. The zero-order valence-electron chi connectivity index (χ0n) is 16.8. The number of thiophene rings is 1. The van der Waals surface area contributed by atoms with Crippen molar-refractivity contribution in [2.45, 2.75) is 81.2 Å². The zero-order valence-corrected chi connectivity index (χ0v) is 18.4. The van der Waals surface area contributed by atoms with Gasteiger partial charge >= 0.3 is 0 Å². The first-order valence-electron chi connectivity index (χ1n) is 10.7. The highest BCUT2D eigenvalue weighted by Gasteiger charge is 2.37. The van der Waals surface area contributed by atoms with Crippen LogP contribution in [0.25, 0.3) is 10.2 Å². The molecule has 1 N–H and O–H groups in total. The predicted molar refractivity (Wildman–Crippen MR) is 116 cm³/mol. The Hall–Kier alpha value is -1.67. The van der Waals surface area contributed by atoms with Crippen LogP contribution in [-0.2, 0) is 12.8 Å².